The minimum Gasteiger partial charge on any atom is -0.310 e. The van der Waals surface area contributed by atoms with Gasteiger partial charge in [-0.3, -0.25) is 4.79 Å². The first-order chi connectivity index (χ1) is 11.4. The van der Waals surface area contributed by atoms with Crippen LogP contribution < -0.4 is 5.32 Å². The zero-order chi connectivity index (χ0) is 17.3. The molecule has 1 aliphatic rings. The van der Waals surface area contributed by atoms with Crippen LogP contribution in [-0.2, 0) is 4.79 Å². The molecule has 1 aromatic heterocycles. The van der Waals surface area contributed by atoms with Crippen LogP contribution in [-0.4, -0.2) is 35.9 Å². The summed E-state index contributed by atoms with van der Waals surface area (Å²) in [7, 11) is 4.17. The molecule has 0 atom stereocenters. The van der Waals surface area contributed by atoms with Crippen LogP contribution in [0.2, 0.25) is 0 Å². The highest BCUT2D eigenvalue weighted by Crippen LogP contribution is 2.28. The lowest BCUT2D eigenvalue weighted by atomic mass is 9.85. The van der Waals surface area contributed by atoms with E-state index in [0.29, 0.717) is 27.1 Å². The molecule has 1 amide bonds. The third-order valence-electron chi connectivity index (χ3n) is 4.80. The van der Waals surface area contributed by atoms with E-state index < -0.39 is 0 Å². The van der Waals surface area contributed by atoms with E-state index in [1.807, 2.05) is 6.07 Å². The highest BCUT2D eigenvalue weighted by molar-refractivity contribution is 9.10. The van der Waals surface area contributed by atoms with E-state index in [1.165, 1.54) is 12.3 Å². The van der Waals surface area contributed by atoms with Crippen LogP contribution in [0, 0.1) is 11.7 Å². The number of nitrogens with zero attached hydrogens (tertiary/aromatic N) is 2. The Morgan fingerprint density at radius 2 is 1.96 bits per heavy atom. The summed E-state index contributed by atoms with van der Waals surface area (Å²) in [5.41, 5.74) is 0. The SMILES string of the molecule is CN(C)C1CCC(C(=O)Nc2cc3cc(Br)cc(F)c3cn2)CC1. The maximum Gasteiger partial charge on any atom is 0.228 e. The first kappa shape index (κ1) is 17.3. The summed E-state index contributed by atoms with van der Waals surface area (Å²) < 4.78 is 14.5. The van der Waals surface area contributed by atoms with Crippen molar-refractivity contribution in [3.8, 4) is 0 Å². The largest absolute Gasteiger partial charge is 0.310 e. The first-order valence-corrected chi connectivity index (χ1v) is 8.95. The van der Waals surface area contributed by atoms with Gasteiger partial charge in [0, 0.05) is 28.0 Å². The average Bonchev–Trinajstić information content (AvgIpc) is 2.54. The quantitative estimate of drug-likeness (QED) is 0.849. The van der Waals surface area contributed by atoms with Crippen molar-refractivity contribution in [3.05, 3.63) is 34.7 Å². The molecular weight excluding hydrogens is 373 g/mol. The van der Waals surface area contributed by atoms with Crippen molar-refractivity contribution in [1.82, 2.24) is 9.88 Å². The molecule has 24 heavy (non-hydrogen) atoms. The summed E-state index contributed by atoms with van der Waals surface area (Å²) in [5.74, 6) is 0.180. The molecule has 1 heterocycles. The van der Waals surface area contributed by atoms with Gasteiger partial charge in [0.25, 0.3) is 0 Å². The molecule has 6 heteroatoms. The molecule has 0 radical (unpaired) electrons. The number of hydrogen-bond acceptors (Lipinski definition) is 3. The molecule has 0 unspecified atom stereocenters. The number of hydrogen-bond donors (Lipinski definition) is 1. The number of fused-ring (bicyclic) bond motifs is 1. The van der Waals surface area contributed by atoms with Crippen molar-refractivity contribution >= 4 is 38.4 Å². The monoisotopic (exact) mass is 393 g/mol. The average molecular weight is 394 g/mol. The normalized spacial score (nSPS) is 21.2. The number of rotatable bonds is 3. The van der Waals surface area contributed by atoms with E-state index in [-0.39, 0.29) is 17.6 Å². The maximum atomic E-state index is 13.9. The van der Waals surface area contributed by atoms with Gasteiger partial charge in [-0.2, -0.15) is 0 Å². The second kappa shape index (κ2) is 7.15. The molecule has 1 aromatic carbocycles. The second-order valence-electron chi connectivity index (χ2n) is 6.64. The van der Waals surface area contributed by atoms with Crippen LogP contribution in [0.25, 0.3) is 10.8 Å². The Balaban J connectivity index is 1.70. The Morgan fingerprint density at radius 3 is 2.62 bits per heavy atom. The van der Waals surface area contributed by atoms with Crippen LogP contribution >= 0.6 is 15.9 Å². The van der Waals surface area contributed by atoms with Gasteiger partial charge in [-0.1, -0.05) is 15.9 Å². The fourth-order valence-corrected chi connectivity index (χ4v) is 3.78. The van der Waals surface area contributed by atoms with Gasteiger partial charge in [0.1, 0.15) is 11.6 Å². The Hall–Kier alpha value is -1.53. The number of aromatic nitrogens is 1. The zero-order valence-electron chi connectivity index (χ0n) is 13.9. The first-order valence-electron chi connectivity index (χ1n) is 8.16. The lowest BCUT2D eigenvalue weighted by Crippen LogP contribution is -2.35. The Bertz CT molecular complexity index is 757. The molecule has 128 valence electrons. The predicted molar refractivity (Wildman–Crippen MR) is 97.5 cm³/mol. The molecule has 0 bridgehead atoms. The van der Waals surface area contributed by atoms with E-state index in [0.717, 1.165) is 25.7 Å². The topological polar surface area (TPSA) is 45.2 Å². The summed E-state index contributed by atoms with van der Waals surface area (Å²) in [6.07, 6.45) is 5.32. The van der Waals surface area contributed by atoms with Crippen LogP contribution in [0.15, 0.2) is 28.9 Å². The summed E-state index contributed by atoms with van der Waals surface area (Å²) in [6, 6.07) is 5.50. The summed E-state index contributed by atoms with van der Waals surface area (Å²) in [5, 5.41) is 4.04. The summed E-state index contributed by atoms with van der Waals surface area (Å²) in [4.78, 5) is 18.9. The van der Waals surface area contributed by atoms with Gasteiger partial charge in [0.2, 0.25) is 5.91 Å². The number of nitrogens with one attached hydrogen (secondary N) is 1. The fourth-order valence-electron chi connectivity index (χ4n) is 3.33. The van der Waals surface area contributed by atoms with Gasteiger partial charge < -0.3 is 10.2 Å². The molecule has 0 aliphatic heterocycles. The lowest BCUT2D eigenvalue weighted by Gasteiger charge is -2.31. The lowest BCUT2D eigenvalue weighted by molar-refractivity contribution is -0.121. The van der Waals surface area contributed by atoms with Crippen LogP contribution in [0.3, 0.4) is 0 Å². The minimum absolute atomic E-state index is 0.00882. The molecule has 3 rings (SSSR count). The van der Waals surface area contributed by atoms with E-state index in [2.05, 4.69) is 45.2 Å². The van der Waals surface area contributed by atoms with Crippen molar-refractivity contribution in [2.24, 2.45) is 5.92 Å². The van der Waals surface area contributed by atoms with Gasteiger partial charge in [0.15, 0.2) is 0 Å². The second-order valence-corrected chi connectivity index (χ2v) is 7.55. The standard InChI is InChI=1S/C18H21BrFN3O/c1-23(2)14-5-3-11(4-6-14)18(24)22-17-8-12-7-13(19)9-16(20)15(12)10-21-17/h7-11,14H,3-6H2,1-2H3,(H,21,22,24). The minimum atomic E-state index is -0.327. The van der Waals surface area contributed by atoms with E-state index in [1.54, 1.807) is 6.07 Å². The molecule has 1 aliphatic carbocycles. The number of benzene rings is 1. The molecule has 1 saturated carbocycles. The molecule has 1 N–H and O–H groups in total. The number of anilines is 1. The van der Waals surface area contributed by atoms with E-state index in [9.17, 15) is 9.18 Å². The number of carbonyl (C=O) groups is 1. The molecule has 2 aromatic rings. The number of halogens is 2. The van der Waals surface area contributed by atoms with Crippen molar-refractivity contribution in [3.63, 3.8) is 0 Å². The van der Waals surface area contributed by atoms with Gasteiger partial charge >= 0.3 is 0 Å². The molecular formula is C18H21BrFN3O. The van der Waals surface area contributed by atoms with Crippen LogP contribution in [0.1, 0.15) is 25.7 Å². The maximum absolute atomic E-state index is 13.9. The molecule has 0 saturated heterocycles. The Labute approximate surface area is 149 Å². The van der Waals surface area contributed by atoms with E-state index >= 15 is 0 Å². The predicted octanol–water partition coefficient (Wildman–Crippen LogP) is 4.20. The third kappa shape index (κ3) is 3.75. The van der Waals surface area contributed by atoms with Crippen LogP contribution in [0.4, 0.5) is 10.2 Å². The van der Waals surface area contributed by atoms with Gasteiger partial charge in [0.05, 0.1) is 0 Å². The van der Waals surface area contributed by atoms with Crippen molar-refractivity contribution in [2.75, 3.05) is 19.4 Å². The molecule has 1 fully saturated rings. The fraction of sp³-hybridized carbons (Fsp3) is 0.444. The highest BCUT2D eigenvalue weighted by atomic mass is 79.9. The number of pyridine rings is 1. The molecule has 0 spiro atoms. The van der Waals surface area contributed by atoms with E-state index in [4.69, 9.17) is 0 Å². The van der Waals surface area contributed by atoms with Gasteiger partial charge in [-0.05, 0) is 63.4 Å². The van der Waals surface area contributed by atoms with Crippen molar-refractivity contribution in [1.29, 1.82) is 0 Å². The summed E-state index contributed by atoms with van der Waals surface area (Å²) >= 11 is 3.29. The van der Waals surface area contributed by atoms with Crippen molar-refractivity contribution in [2.45, 2.75) is 31.7 Å². The Morgan fingerprint density at radius 1 is 1.25 bits per heavy atom. The van der Waals surface area contributed by atoms with Crippen LogP contribution in [0.5, 0.6) is 0 Å². The Kier molecular flexibility index (Phi) is 5.15. The number of carbonyl (C=O) groups excluding carboxylic acids is 1. The van der Waals surface area contributed by atoms with Gasteiger partial charge in [-0.25, -0.2) is 9.37 Å². The third-order valence-corrected chi connectivity index (χ3v) is 5.26. The smallest absolute Gasteiger partial charge is 0.228 e. The number of amides is 1. The summed E-state index contributed by atoms with van der Waals surface area (Å²) in [6.45, 7) is 0. The van der Waals surface area contributed by atoms with Crippen molar-refractivity contribution < 1.29 is 9.18 Å². The highest BCUT2D eigenvalue weighted by Gasteiger charge is 2.27. The zero-order valence-corrected chi connectivity index (χ0v) is 15.4. The van der Waals surface area contributed by atoms with Gasteiger partial charge in [-0.15, -0.1) is 0 Å². The molecule has 4 nitrogen and oxygen atoms in total.